The Hall–Kier alpha value is -3.77. The monoisotopic (exact) mass is 548 g/mol. The van der Waals surface area contributed by atoms with Gasteiger partial charge in [0.1, 0.15) is 16.8 Å². The number of halogens is 4. The number of nitrogens with one attached hydrogen (secondary N) is 1. The number of nitrogens with two attached hydrogens (primary N) is 1. The third-order valence-electron chi connectivity index (χ3n) is 6.17. The first-order valence-electron chi connectivity index (χ1n) is 11.5. The highest BCUT2D eigenvalue weighted by atomic mass is 32.2. The maximum atomic E-state index is 14.8. The van der Waals surface area contributed by atoms with E-state index in [0.29, 0.717) is 30.1 Å². The molecule has 3 N–H and O–H groups in total. The molecule has 4 rings (SSSR count). The van der Waals surface area contributed by atoms with E-state index in [1.54, 1.807) is 34.4 Å². The van der Waals surface area contributed by atoms with Crippen LogP contribution in [0.15, 0.2) is 59.6 Å². The summed E-state index contributed by atoms with van der Waals surface area (Å²) < 4.78 is 81.8. The third kappa shape index (κ3) is 5.01. The zero-order valence-corrected chi connectivity index (χ0v) is 21.4. The average molecular weight is 549 g/mol. The molecule has 0 radical (unpaired) electrons. The van der Waals surface area contributed by atoms with Crippen LogP contribution in [0.2, 0.25) is 0 Å². The minimum atomic E-state index is -4.78. The number of carbonyl (C=O) groups excluding carboxylic acids is 1. The maximum absolute atomic E-state index is 14.8. The van der Waals surface area contributed by atoms with Crippen molar-refractivity contribution in [2.75, 3.05) is 0 Å². The third-order valence-corrected chi connectivity index (χ3v) is 7.69. The largest absolute Gasteiger partial charge is 0.404 e. The second-order valence-electron chi connectivity index (χ2n) is 8.84. The second-order valence-corrected chi connectivity index (χ2v) is 10.6. The van der Waals surface area contributed by atoms with Gasteiger partial charge in [0.2, 0.25) is 10.0 Å². The molecule has 12 heteroatoms. The Bertz CT molecular complexity index is 1630. The normalized spacial score (nSPS) is 13.1. The number of nitrogens with zero attached hydrogens (tertiary/aromatic N) is 2. The molecule has 38 heavy (non-hydrogen) atoms. The SMILES string of the molecule is CCc1cc2c(cc1F)c(C(N)=O)c(-c1ccc(S(=O)(=O)N[C@@H](C)C(F)(F)F)cn1)n2-c1ccc(C)cc1. The first-order chi connectivity index (χ1) is 17.7. The standard InChI is InChI=1S/C26H24F4N4O3S/c1-4-16-11-22-19(12-20(16)27)23(25(31)35)24(34(22)17-7-5-14(2)6-8-17)21-10-9-18(13-32-21)38(36,37)33-15(3)26(28,29)30/h5-13,15,33H,4H2,1-3H3,(H2,31,35)/t15-/m0/s1. The number of aryl methyl sites for hydroxylation is 2. The Labute approximate surface area is 216 Å². The van der Waals surface area contributed by atoms with Crippen LogP contribution in [0.25, 0.3) is 28.0 Å². The van der Waals surface area contributed by atoms with Crippen LogP contribution in [0.1, 0.15) is 35.3 Å². The molecular formula is C26H24F4N4O3S. The van der Waals surface area contributed by atoms with E-state index in [2.05, 4.69) is 4.98 Å². The molecule has 1 amide bonds. The Morgan fingerprint density at radius 1 is 1.13 bits per heavy atom. The highest BCUT2D eigenvalue weighted by Crippen LogP contribution is 2.37. The van der Waals surface area contributed by atoms with Gasteiger partial charge in [0, 0.05) is 17.3 Å². The minimum absolute atomic E-state index is 0.0333. The Balaban J connectivity index is 1.96. The number of primary amides is 1. The summed E-state index contributed by atoms with van der Waals surface area (Å²) in [4.78, 5) is 16.3. The topological polar surface area (TPSA) is 107 Å². The highest BCUT2D eigenvalue weighted by molar-refractivity contribution is 7.89. The quantitative estimate of drug-likeness (QED) is 0.316. The van der Waals surface area contributed by atoms with Crippen LogP contribution >= 0.6 is 0 Å². The van der Waals surface area contributed by atoms with E-state index in [9.17, 15) is 30.8 Å². The molecular weight excluding hydrogens is 524 g/mol. The van der Waals surface area contributed by atoms with Crippen molar-refractivity contribution in [2.24, 2.45) is 5.73 Å². The molecule has 0 saturated carbocycles. The van der Waals surface area contributed by atoms with Crippen molar-refractivity contribution in [3.05, 3.63) is 77.2 Å². The molecule has 0 aliphatic rings. The van der Waals surface area contributed by atoms with Gasteiger partial charge < -0.3 is 10.3 Å². The van der Waals surface area contributed by atoms with Crippen molar-refractivity contribution < 1.29 is 30.8 Å². The number of alkyl halides is 3. The lowest BCUT2D eigenvalue weighted by Crippen LogP contribution is -2.42. The van der Waals surface area contributed by atoms with E-state index >= 15 is 0 Å². The number of amides is 1. The first kappa shape index (κ1) is 27.3. The number of benzene rings is 2. The summed E-state index contributed by atoms with van der Waals surface area (Å²) in [6, 6.07) is 10.1. The molecule has 4 aromatic rings. The molecule has 2 heterocycles. The van der Waals surface area contributed by atoms with E-state index < -0.39 is 38.9 Å². The van der Waals surface area contributed by atoms with Gasteiger partial charge in [0.05, 0.1) is 22.5 Å². The predicted molar refractivity (Wildman–Crippen MR) is 135 cm³/mol. The number of fused-ring (bicyclic) bond motifs is 1. The van der Waals surface area contributed by atoms with Crippen LogP contribution in [0.4, 0.5) is 17.6 Å². The summed E-state index contributed by atoms with van der Waals surface area (Å²) in [5.74, 6) is -1.38. The molecule has 7 nitrogen and oxygen atoms in total. The molecule has 0 saturated heterocycles. The van der Waals surface area contributed by atoms with Crippen LogP contribution in [-0.2, 0) is 16.4 Å². The van der Waals surface area contributed by atoms with E-state index in [0.717, 1.165) is 17.8 Å². The molecule has 0 bridgehead atoms. The molecule has 0 fully saturated rings. The van der Waals surface area contributed by atoms with Gasteiger partial charge in [-0.15, -0.1) is 0 Å². The average Bonchev–Trinajstić information content (AvgIpc) is 3.17. The number of carbonyl (C=O) groups is 1. The van der Waals surface area contributed by atoms with Crippen LogP contribution in [-0.4, -0.2) is 36.1 Å². The van der Waals surface area contributed by atoms with E-state index in [1.807, 2.05) is 19.1 Å². The van der Waals surface area contributed by atoms with Crippen molar-refractivity contribution >= 4 is 26.8 Å². The number of rotatable bonds is 7. The summed E-state index contributed by atoms with van der Waals surface area (Å²) in [5, 5.41) is 0.238. The zero-order chi connectivity index (χ0) is 28.0. The Morgan fingerprint density at radius 3 is 2.32 bits per heavy atom. The molecule has 1 atom stereocenters. The van der Waals surface area contributed by atoms with Gasteiger partial charge in [-0.1, -0.05) is 24.6 Å². The van der Waals surface area contributed by atoms with Gasteiger partial charge in [0.25, 0.3) is 5.91 Å². The smallest absolute Gasteiger partial charge is 0.366 e. The highest BCUT2D eigenvalue weighted by Gasteiger charge is 2.39. The molecule has 2 aromatic heterocycles. The van der Waals surface area contributed by atoms with E-state index in [4.69, 9.17) is 5.73 Å². The van der Waals surface area contributed by atoms with Crippen molar-refractivity contribution in [2.45, 2.75) is 44.3 Å². The van der Waals surface area contributed by atoms with Crippen LogP contribution in [0.5, 0.6) is 0 Å². The summed E-state index contributed by atoms with van der Waals surface area (Å²) in [6.45, 7) is 4.36. The summed E-state index contributed by atoms with van der Waals surface area (Å²) in [6.07, 6.45) is -3.50. The van der Waals surface area contributed by atoms with Gasteiger partial charge in [-0.25, -0.2) is 12.8 Å². The lowest BCUT2D eigenvalue weighted by atomic mass is 10.0. The molecule has 0 spiro atoms. The van der Waals surface area contributed by atoms with E-state index in [1.165, 1.54) is 12.1 Å². The summed E-state index contributed by atoms with van der Waals surface area (Å²) >= 11 is 0. The zero-order valence-electron chi connectivity index (χ0n) is 20.6. The van der Waals surface area contributed by atoms with Gasteiger partial charge >= 0.3 is 6.18 Å². The number of pyridine rings is 1. The van der Waals surface area contributed by atoms with Crippen molar-refractivity contribution in [3.63, 3.8) is 0 Å². The molecule has 0 unspecified atom stereocenters. The van der Waals surface area contributed by atoms with Crippen LogP contribution in [0, 0.1) is 12.7 Å². The number of hydrogen-bond donors (Lipinski definition) is 2. The van der Waals surface area contributed by atoms with Crippen molar-refractivity contribution in [1.82, 2.24) is 14.3 Å². The molecule has 0 aliphatic heterocycles. The fourth-order valence-corrected chi connectivity index (χ4v) is 5.30. The van der Waals surface area contributed by atoms with E-state index in [-0.39, 0.29) is 22.3 Å². The van der Waals surface area contributed by atoms with Crippen molar-refractivity contribution in [1.29, 1.82) is 0 Å². The lowest BCUT2D eigenvalue weighted by molar-refractivity contribution is -0.147. The molecule has 200 valence electrons. The van der Waals surface area contributed by atoms with Gasteiger partial charge in [-0.05, 0) is 62.2 Å². The number of aromatic nitrogens is 2. The van der Waals surface area contributed by atoms with Gasteiger partial charge in [-0.3, -0.25) is 9.78 Å². The second kappa shape index (κ2) is 9.84. The number of sulfonamides is 1. The maximum Gasteiger partial charge on any atom is 0.404 e. The van der Waals surface area contributed by atoms with Crippen LogP contribution in [0.3, 0.4) is 0 Å². The summed E-state index contributed by atoms with van der Waals surface area (Å²) in [5.41, 5.74) is 8.46. The summed E-state index contributed by atoms with van der Waals surface area (Å²) in [7, 11) is -4.55. The fourth-order valence-electron chi connectivity index (χ4n) is 4.12. The number of hydrogen-bond acceptors (Lipinski definition) is 4. The molecule has 0 aliphatic carbocycles. The predicted octanol–water partition coefficient (Wildman–Crippen LogP) is 5.03. The first-order valence-corrected chi connectivity index (χ1v) is 13.0. The Morgan fingerprint density at radius 2 is 1.79 bits per heavy atom. The lowest BCUT2D eigenvalue weighted by Gasteiger charge is -2.17. The fraction of sp³-hybridized carbons (Fsp3) is 0.231. The van der Waals surface area contributed by atoms with Gasteiger partial charge in [-0.2, -0.15) is 17.9 Å². The minimum Gasteiger partial charge on any atom is -0.366 e. The van der Waals surface area contributed by atoms with Crippen LogP contribution < -0.4 is 10.5 Å². The molecule has 2 aromatic carbocycles. The van der Waals surface area contributed by atoms with Gasteiger partial charge in [0.15, 0.2) is 0 Å². The Kier molecular flexibility index (Phi) is 7.06. The van der Waals surface area contributed by atoms with Crippen molar-refractivity contribution in [3.8, 4) is 17.1 Å².